The molecule has 3 nitrogen and oxygen atoms in total. The molecule has 1 aliphatic heterocycles. The molecule has 1 heterocycles. The number of rotatable bonds is 5. The molecule has 0 fully saturated rings. The van der Waals surface area contributed by atoms with Gasteiger partial charge in [0.25, 0.3) is 0 Å². The van der Waals surface area contributed by atoms with Gasteiger partial charge in [0.1, 0.15) is 12.4 Å². The van der Waals surface area contributed by atoms with Crippen LogP contribution in [0, 0.1) is 27.7 Å². The molecule has 0 aromatic heterocycles. The second-order valence-corrected chi connectivity index (χ2v) is 11.8. The molecule has 4 aromatic carbocycles. The number of methoxy groups -OCH3 is 1. The number of anilines is 2. The molecule has 0 atom stereocenters. The van der Waals surface area contributed by atoms with Crippen molar-refractivity contribution < 1.29 is 4.74 Å². The van der Waals surface area contributed by atoms with E-state index in [9.17, 15) is 0 Å². The fourth-order valence-corrected chi connectivity index (χ4v) is 5.35. The van der Waals surface area contributed by atoms with Crippen molar-refractivity contribution in [2.75, 3.05) is 23.6 Å². The Balaban J connectivity index is 1.82. The first-order chi connectivity index (χ1) is 18.6. The predicted molar refractivity (Wildman–Crippen MR) is 167 cm³/mol. The number of benzene rings is 4. The molecular weight excluding hydrogens is 476 g/mol. The van der Waals surface area contributed by atoms with Crippen LogP contribution in [-0.2, 0) is 5.41 Å². The van der Waals surface area contributed by atoms with E-state index < -0.39 is 0 Å². The first kappa shape index (κ1) is 26.6. The van der Waals surface area contributed by atoms with Gasteiger partial charge in [0.2, 0.25) is 0 Å². The highest BCUT2D eigenvalue weighted by Gasteiger charge is 2.34. The molecule has 0 unspecified atom stereocenters. The zero-order valence-corrected chi connectivity index (χ0v) is 24.6. The second kappa shape index (κ2) is 10.3. The van der Waals surface area contributed by atoms with Gasteiger partial charge in [-0.3, -0.25) is 0 Å². The Morgan fingerprint density at radius 2 is 1.08 bits per heavy atom. The minimum absolute atomic E-state index is 0.0571. The summed E-state index contributed by atoms with van der Waals surface area (Å²) in [5.41, 5.74) is 13.7. The zero-order valence-electron chi connectivity index (χ0n) is 24.6. The Morgan fingerprint density at radius 3 is 1.62 bits per heavy atom. The van der Waals surface area contributed by atoms with Gasteiger partial charge in [-0.25, -0.2) is 0 Å². The minimum atomic E-state index is 0.0571. The average molecular weight is 517 g/mol. The van der Waals surface area contributed by atoms with Crippen LogP contribution < -0.4 is 14.5 Å². The summed E-state index contributed by atoms with van der Waals surface area (Å²) in [6.07, 6.45) is 0. The van der Waals surface area contributed by atoms with Crippen molar-refractivity contribution in [1.29, 1.82) is 0 Å². The highest BCUT2D eigenvalue weighted by molar-refractivity contribution is 6.06. The van der Waals surface area contributed by atoms with Gasteiger partial charge in [-0.15, -0.1) is 0 Å². The Hall–Kier alpha value is -3.98. The molecule has 0 spiro atoms. The number of hydrogen-bond donors (Lipinski definition) is 0. The summed E-state index contributed by atoms with van der Waals surface area (Å²) in [7, 11) is 1.72. The third kappa shape index (κ3) is 5.18. The highest BCUT2D eigenvalue weighted by atomic mass is 16.5. The molecule has 0 saturated heterocycles. The lowest BCUT2D eigenvalue weighted by molar-refractivity contribution is 0.415. The summed E-state index contributed by atoms with van der Waals surface area (Å²) in [6, 6.07) is 31.1. The molecule has 0 radical (unpaired) electrons. The lowest BCUT2D eigenvalue weighted by atomic mass is 9.86. The van der Waals surface area contributed by atoms with E-state index in [1.165, 1.54) is 61.7 Å². The van der Waals surface area contributed by atoms with E-state index in [0.29, 0.717) is 0 Å². The molecule has 0 aliphatic carbocycles. The summed E-state index contributed by atoms with van der Waals surface area (Å²) >= 11 is 0. The zero-order chi connectivity index (χ0) is 27.9. The van der Waals surface area contributed by atoms with Gasteiger partial charge < -0.3 is 14.5 Å². The standard InChI is InChI=1S/C36H40N2O/c1-24-10-14-28(15-11-24)34-35(29-16-19-31(39-8)20-17-29)37(32-21-25(2)9-12-26(32)3)23-38(34)33-22-30(36(5,6)7)18-13-27(33)4/h9-22H,23H2,1-8H3. The van der Waals surface area contributed by atoms with Gasteiger partial charge >= 0.3 is 0 Å². The van der Waals surface area contributed by atoms with E-state index in [2.05, 4.69) is 143 Å². The van der Waals surface area contributed by atoms with Gasteiger partial charge in [-0.2, -0.15) is 0 Å². The molecule has 5 rings (SSSR count). The number of ether oxygens (including phenoxy) is 1. The SMILES string of the molecule is COc1ccc(C2=C(c3ccc(C)cc3)N(c3cc(C(C)(C)C)ccc3C)CN2c2cc(C)ccc2C)cc1. The van der Waals surface area contributed by atoms with Crippen molar-refractivity contribution in [2.24, 2.45) is 0 Å². The largest absolute Gasteiger partial charge is 0.497 e. The van der Waals surface area contributed by atoms with Crippen LogP contribution in [0.25, 0.3) is 11.4 Å². The number of aryl methyl sites for hydroxylation is 4. The van der Waals surface area contributed by atoms with E-state index >= 15 is 0 Å². The third-order valence-electron chi connectivity index (χ3n) is 7.76. The quantitative estimate of drug-likeness (QED) is 0.263. The highest BCUT2D eigenvalue weighted by Crippen LogP contribution is 2.45. The topological polar surface area (TPSA) is 15.7 Å². The van der Waals surface area contributed by atoms with Crippen molar-refractivity contribution in [1.82, 2.24) is 0 Å². The molecule has 1 aliphatic rings. The summed E-state index contributed by atoms with van der Waals surface area (Å²) in [5.74, 6) is 0.859. The van der Waals surface area contributed by atoms with Crippen LogP contribution in [0.2, 0.25) is 0 Å². The van der Waals surface area contributed by atoms with E-state index in [1.807, 2.05) is 0 Å². The Morgan fingerprint density at radius 1 is 0.590 bits per heavy atom. The van der Waals surface area contributed by atoms with Gasteiger partial charge in [0.15, 0.2) is 0 Å². The van der Waals surface area contributed by atoms with Crippen molar-refractivity contribution in [3.8, 4) is 5.75 Å². The van der Waals surface area contributed by atoms with Crippen LogP contribution in [0.4, 0.5) is 11.4 Å². The van der Waals surface area contributed by atoms with Crippen molar-refractivity contribution in [2.45, 2.75) is 53.9 Å². The van der Waals surface area contributed by atoms with E-state index in [-0.39, 0.29) is 5.41 Å². The smallest absolute Gasteiger partial charge is 0.118 e. The predicted octanol–water partition coefficient (Wildman–Crippen LogP) is 9.04. The lowest BCUT2D eigenvalue weighted by Crippen LogP contribution is -2.28. The lowest BCUT2D eigenvalue weighted by Gasteiger charge is -2.29. The maximum Gasteiger partial charge on any atom is 0.118 e. The van der Waals surface area contributed by atoms with Crippen molar-refractivity contribution >= 4 is 22.8 Å². The summed E-state index contributed by atoms with van der Waals surface area (Å²) in [6.45, 7) is 16.3. The van der Waals surface area contributed by atoms with Crippen LogP contribution in [-0.4, -0.2) is 13.8 Å². The minimum Gasteiger partial charge on any atom is -0.497 e. The maximum absolute atomic E-state index is 5.51. The second-order valence-electron chi connectivity index (χ2n) is 11.8. The Bertz CT molecular complexity index is 1520. The van der Waals surface area contributed by atoms with Crippen LogP contribution in [0.15, 0.2) is 84.9 Å². The van der Waals surface area contributed by atoms with E-state index in [1.54, 1.807) is 7.11 Å². The Kier molecular flexibility index (Phi) is 7.03. The molecular formula is C36H40N2O. The van der Waals surface area contributed by atoms with Crippen molar-refractivity contribution in [3.05, 3.63) is 124 Å². The van der Waals surface area contributed by atoms with Gasteiger partial charge in [0, 0.05) is 22.5 Å². The fraction of sp³-hybridized carbons (Fsp3) is 0.278. The normalized spacial score (nSPS) is 13.8. The fourth-order valence-electron chi connectivity index (χ4n) is 5.35. The maximum atomic E-state index is 5.51. The van der Waals surface area contributed by atoms with Crippen molar-refractivity contribution in [3.63, 3.8) is 0 Å². The molecule has 39 heavy (non-hydrogen) atoms. The molecule has 0 amide bonds. The molecule has 0 N–H and O–H groups in total. The molecule has 0 bridgehead atoms. The first-order valence-corrected chi connectivity index (χ1v) is 13.8. The van der Waals surface area contributed by atoms with Gasteiger partial charge in [-0.05, 0) is 91.8 Å². The van der Waals surface area contributed by atoms with Crippen LogP contribution in [0.1, 0.15) is 59.7 Å². The third-order valence-corrected chi connectivity index (χ3v) is 7.76. The Labute approximate surface area is 234 Å². The van der Waals surface area contributed by atoms with Gasteiger partial charge in [0.05, 0.1) is 18.5 Å². The van der Waals surface area contributed by atoms with E-state index in [0.717, 1.165) is 12.4 Å². The van der Waals surface area contributed by atoms with Crippen LogP contribution in [0.5, 0.6) is 5.75 Å². The summed E-state index contributed by atoms with van der Waals surface area (Å²) in [5, 5.41) is 0. The first-order valence-electron chi connectivity index (χ1n) is 13.8. The summed E-state index contributed by atoms with van der Waals surface area (Å²) in [4.78, 5) is 5.00. The molecule has 4 aromatic rings. The molecule has 0 saturated carbocycles. The van der Waals surface area contributed by atoms with Crippen LogP contribution in [0.3, 0.4) is 0 Å². The molecule has 200 valence electrons. The van der Waals surface area contributed by atoms with Gasteiger partial charge in [-0.1, -0.05) is 74.9 Å². The average Bonchev–Trinajstić information content (AvgIpc) is 3.30. The monoisotopic (exact) mass is 516 g/mol. The number of hydrogen-bond acceptors (Lipinski definition) is 3. The number of nitrogens with zero attached hydrogens (tertiary/aromatic N) is 2. The summed E-state index contributed by atoms with van der Waals surface area (Å²) < 4.78 is 5.51. The van der Waals surface area contributed by atoms with Crippen LogP contribution >= 0.6 is 0 Å². The van der Waals surface area contributed by atoms with E-state index in [4.69, 9.17) is 4.74 Å². The molecule has 3 heteroatoms.